The van der Waals surface area contributed by atoms with Crippen LogP contribution in [-0.2, 0) is 14.3 Å². The second-order valence-corrected chi connectivity index (χ2v) is 4.67. The number of carbonyl (C=O) groups excluding carboxylic acids is 1. The van der Waals surface area contributed by atoms with Crippen molar-refractivity contribution in [1.29, 1.82) is 0 Å². The van der Waals surface area contributed by atoms with Gasteiger partial charge in [-0.2, -0.15) is 0 Å². The Morgan fingerprint density at radius 1 is 1.06 bits per heavy atom. The Balaban J connectivity index is 3.54. The molecule has 0 saturated carbocycles. The van der Waals surface area contributed by atoms with Crippen LogP contribution in [0.1, 0.15) is 58.8 Å². The fourth-order valence-corrected chi connectivity index (χ4v) is 1.72. The molecule has 0 aromatic rings. The lowest BCUT2D eigenvalue weighted by molar-refractivity contribution is -0.139. The SMILES string of the molecule is CCCCCCCC/C(C)=C/C(=O)OCCOC. The largest absolute Gasteiger partial charge is 0.460 e. The van der Waals surface area contributed by atoms with Crippen LogP contribution in [0.5, 0.6) is 0 Å². The van der Waals surface area contributed by atoms with Crippen LogP contribution in [0.2, 0.25) is 0 Å². The van der Waals surface area contributed by atoms with E-state index in [1.54, 1.807) is 13.2 Å². The van der Waals surface area contributed by atoms with Crippen LogP contribution >= 0.6 is 0 Å². The molecule has 0 heterocycles. The van der Waals surface area contributed by atoms with Crippen LogP contribution in [0.15, 0.2) is 11.6 Å². The van der Waals surface area contributed by atoms with Crippen molar-refractivity contribution in [1.82, 2.24) is 0 Å². The van der Waals surface area contributed by atoms with Crippen molar-refractivity contribution >= 4 is 5.97 Å². The standard InChI is InChI=1S/C15H28O3/c1-4-5-6-7-8-9-10-14(2)13-15(16)18-12-11-17-3/h13H,4-12H2,1-3H3/b14-13+. The molecule has 0 unspecified atom stereocenters. The van der Waals surface area contributed by atoms with E-state index in [2.05, 4.69) is 6.92 Å². The molecule has 0 aromatic carbocycles. The molecule has 0 atom stereocenters. The highest BCUT2D eigenvalue weighted by atomic mass is 16.6. The van der Waals surface area contributed by atoms with Gasteiger partial charge in [-0.1, -0.05) is 44.6 Å². The number of carbonyl (C=O) groups is 1. The topological polar surface area (TPSA) is 35.5 Å². The van der Waals surface area contributed by atoms with Crippen molar-refractivity contribution in [2.75, 3.05) is 20.3 Å². The first kappa shape index (κ1) is 17.2. The zero-order chi connectivity index (χ0) is 13.6. The number of hydrogen-bond donors (Lipinski definition) is 0. The van der Waals surface area contributed by atoms with Crippen molar-refractivity contribution in [2.24, 2.45) is 0 Å². The number of hydrogen-bond acceptors (Lipinski definition) is 3. The molecule has 0 rings (SSSR count). The normalized spacial score (nSPS) is 11.6. The van der Waals surface area contributed by atoms with E-state index in [0.717, 1.165) is 18.4 Å². The van der Waals surface area contributed by atoms with E-state index in [1.807, 2.05) is 6.92 Å². The van der Waals surface area contributed by atoms with E-state index in [1.165, 1.54) is 32.1 Å². The molecule has 0 fully saturated rings. The maximum Gasteiger partial charge on any atom is 0.330 e. The highest BCUT2D eigenvalue weighted by Gasteiger charge is 1.99. The van der Waals surface area contributed by atoms with Crippen LogP contribution in [0.25, 0.3) is 0 Å². The third kappa shape index (κ3) is 11.6. The second kappa shape index (κ2) is 12.6. The lowest BCUT2D eigenvalue weighted by Gasteiger charge is -2.03. The molecule has 0 amide bonds. The minimum Gasteiger partial charge on any atom is -0.460 e. The molecule has 0 radical (unpaired) electrons. The Morgan fingerprint density at radius 2 is 1.72 bits per heavy atom. The van der Waals surface area contributed by atoms with Gasteiger partial charge in [0.05, 0.1) is 6.61 Å². The van der Waals surface area contributed by atoms with Gasteiger partial charge in [0.15, 0.2) is 0 Å². The smallest absolute Gasteiger partial charge is 0.330 e. The molecule has 0 aromatic heterocycles. The molecular formula is C15H28O3. The van der Waals surface area contributed by atoms with Crippen molar-refractivity contribution in [3.8, 4) is 0 Å². The number of ether oxygens (including phenoxy) is 2. The minimum atomic E-state index is -0.254. The van der Waals surface area contributed by atoms with Gasteiger partial charge < -0.3 is 9.47 Å². The summed E-state index contributed by atoms with van der Waals surface area (Å²) in [5.41, 5.74) is 1.10. The number of unbranched alkanes of at least 4 members (excludes halogenated alkanes) is 5. The first-order valence-electron chi connectivity index (χ1n) is 7.03. The molecule has 0 N–H and O–H groups in total. The summed E-state index contributed by atoms with van der Waals surface area (Å²) in [6.45, 7) is 5.00. The molecule has 0 saturated heterocycles. The minimum absolute atomic E-state index is 0.254. The van der Waals surface area contributed by atoms with E-state index in [9.17, 15) is 4.79 Å². The van der Waals surface area contributed by atoms with E-state index >= 15 is 0 Å². The average Bonchev–Trinajstić information content (AvgIpc) is 2.34. The molecule has 0 aliphatic heterocycles. The fraction of sp³-hybridized carbons (Fsp3) is 0.800. The van der Waals surface area contributed by atoms with Crippen LogP contribution in [0.3, 0.4) is 0 Å². The molecular weight excluding hydrogens is 228 g/mol. The summed E-state index contributed by atoms with van der Waals surface area (Å²) in [7, 11) is 1.59. The average molecular weight is 256 g/mol. The fourth-order valence-electron chi connectivity index (χ4n) is 1.72. The lowest BCUT2D eigenvalue weighted by Crippen LogP contribution is -2.07. The molecule has 0 aliphatic rings. The molecule has 0 spiro atoms. The maximum absolute atomic E-state index is 11.3. The van der Waals surface area contributed by atoms with Gasteiger partial charge in [0.25, 0.3) is 0 Å². The third-order valence-electron chi connectivity index (χ3n) is 2.82. The Bertz CT molecular complexity index is 234. The molecule has 18 heavy (non-hydrogen) atoms. The van der Waals surface area contributed by atoms with Crippen LogP contribution < -0.4 is 0 Å². The molecule has 0 bridgehead atoms. The van der Waals surface area contributed by atoms with Gasteiger partial charge in [0.2, 0.25) is 0 Å². The van der Waals surface area contributed by atoms with E-state index in [-0.39, 0.29) is 5.97 Å². The first-order valence-corrected chi connectivity index (χ1v) is 7.03. The zero-order valence-electron chi connectivity index (χ0n) is 12.2. The summed E-state index contributed by atoms with van der Waals surface area (Å²) in [6.07, 6.45) is 10.3. The van der Waals surface area contributed by atoms with Gasteiger partial charge in [0, 0.05) is 13.2 Å². The molecule has 0 aliphatic carbocycles. The zero-order valence-corrected chi connectivity index (χ0v) is 12.2. The Hall–Kier alpha value is -0.830. The monoisotopic (exact) mass is 256 g/mol. The second-order valence-electron chi connectivity index (χ2n) is 4.67. The highest BCUT2D eigenvalue weighted by Crippen LogP contribution is 2.11. The summed E-state index contributed by atoms with van der Waals surface area (Å²) >= 11 is 0. The predicted octanol–water partition coefficient (Wildman–Crippen LogP) is 3.87. The van der Waals surface area contributed by atoms with Crippen LogP contribution in [-0.4, -0.2) is 26.3 Å². The number of rotatable bonds is 11. The van der Waals surface area contributed by atoms with Gasteiger partial charge in [-0.3, -0.25) is 0 Å². The van der Waals surface area contributed by atoms with Crippen molar-refractivity contribution < 1.29 is 14.3 Å². The number of esters is 1. The summed E-state index contributed by atoms with van der Waals surface area (Å²) < 4.78 is 9.78. The molecule has 106 valence electrons. The van der Waals surface area contributed by atoms with Gasteiger partial charge in [0.1, 0.15) is 6.61 Å². The van der Waals surface area contributed by atoms with Gasteiger partial charge in [-0.25, -0.2) is 4.79 Å². The molecule has 3 heteroatoms. The van der Waals surface area contributed by atoms with Crippen molar-refractivity contribution in [3.05, 3.63) is 11.6 Å². The summed E-state index contributed by atoms with van der Waals surface area (Å²) in [6, 6.07) is 0. The Labute approximate surface area is 112 Å². The van der Waals surface area contributed by atoms with E-state index in [4.69, 9.17) is 9.47 Å². The number of methoxy groups -OCH3 is 1. The Kier molecular flexibility index (Phi) is 12.0. The maximum atomic E-state index is 11.3. The van der Waals surface area contributed by atoms with Crippen molar-refractivity contribution in [3.63, 3.8) is 0 Å². The van der Waals surface area contributed by atoms with Crippen molar-refractivity contribution in [2.45, 2.75) is 58.8 Å². The molecule has 3 nitrogen and oxygen atoms in total. The van der Waals surface area contributed by atoms with Crippen LogP contribution in [0, 0.1) is 0 Å². The highest BCUT2D eigenvalue weighted by molar-refractivity contribution is 5.82. The third-order valence-corrected chi connectivity index (χ3v) is 2.82. The lowest BCUT2D eigenvalue weighted by atomic mass is 10.1. The van der Waals surface area contributed by atoms with Gasteiger partial charge >= 0.3 is 5.97 Å². The quantitative estimate of drug-likeness (QED) is 0.320. The number of allylic oxidation sites excluding steroid dienone is 1. The summed E-state index contributed by atoms with van der Waals surface area (Å²) in [5.74, 6) is -0.254. The van der Waals surface area contributed by atoms with E-state index < -0.39 is 0 Å². The summed E-state index contributed by atoms with van der Waals surface area (Å²) in [4.78, 5) is 11.3. The van der Waals surface area contributed by atoms with E-state index in [0.29, 0.717) is 13.2 Å². The first-order chi connectivity index (χ1) is 8.70. The van der Waals surface area contributed by atoms with Gasteiger partial charge in [-0.05, 0) is 19.8 Å². The van der Waals surface area contributed by atoms with Gasteiger partial charge in [-0.15, -0.1) is 0 Å². The van der Waals surface area contributed by atoms with Crippen LogP contribution in [0.4, 0.5) is 0 Å². The Morgan fingerprint density at radius 3 is 2.39 bits per heavy atom. The predicted molar refractivity (Wildman–Crippen MR) is 74.6 cm³/mol. The summed E-state index contributed by atoms with van der Waals surface area (Å²) in [5, 5.41) is 0.